The van der Waals surface area contributed by atoms with Crippen molar-refractivity contribution in [3.63, 3.8) is 0 Å². The molecule has 3 rings (SSSR count). The molecule has 5 N–H and O–H groups in total. The number of amides is 3. The van der Waals surface area contributed by atoms with Crippen molar-refractivity contribution in [1.29, 1.82) is 0 Å². The minimum Gasteiger partial charge on any atom is -0.449 e. The molecule has 11 nitrogen and oxygen atoms in total. The van der Waals surface area contributed by atoms with Crippen LogP contribution in [0.1, 0.15) is 96.6 Å². The first-order valence-electron chi connectivity index (χ1n) is 16.9. The Balaban J connectivity index is 1.51. The second kappa shape index (κ2) is 18.3. The van der Waals surface area contributed by atoms with Gasteiger partial charge in [-0.1, -0.05) is 55.5 Å². The van der Waals surface area contributed by atoms with E-state index in [-0.39, 0.29) is 30.5 Å². The van der Waals surface area contributed by atoms with Crippen molar-refractivity contribution in [2.75, 3.05) is 19.7 Å². The molecular formula is C37H52N4O7. The van der Waals surface area contributed by atoms with Crippen molar-refractivity contribution in [3.05, 3.63) is 59.7 Å². The molecule has 0 aromatic heterocycles. The predicted molar refractivity (Wildman–Crippen MR) is 184 cm³/mol. The van der Waals surface area contributed by atoms with E-state index in [0.29, 0.717) is 51.6 Å². The van der Waals surface area contributed by atoms with Crippen LogP contribution in [0.5, 0.6) is 0 Å². The second-order valence-electron chi connectivity index (χ2n) is 13.5. The van der Waals surface area contributed by atoms with Crippen LogP contribution in [-0.2, 0) is 23.9 Å². The van der Waals surface area contributed by atoms with E-state index in [4.69, 9.17) is 15.2 Å². The fourth-order valence-corrected chi connectivity index (χ4v) is 5.79. The zero-order valence-electron chi connectivity index (χ0n) is 28.9. The first kappa shape index (κ1) is 38.2. The van der Waals surface area contributed by atoms with E-state index < -0.39 is 41.7 Å². The first-order chi connectivity index (χ1) is 22.8. The highest BCUT2D eigenvalue weighted by Crippen LogP contribution is 2.44. The van der Waals surface area contributed by atoms with Gasteiger partial charge in [0.25, 0.3) is 0 Å². The highest BCUT2D eigenvalue weighted by molar-refractivity contribution is 5.93. The number of ketones is 2. The lowest BCUT2D eigenvalue weighted by Gasteiger charge is -2.22. The van der Waals surface area contributed by atoms with Gasteiger partial charge in [-0.05, 0) is 95.0 Å². The number of hydrogen-bond acceptors (Lipinski definition) is 8. The molecule has 3 atom stereocenters. The van der Waals surface area contributed by atoms with Gasteiger partial charge in [-0.2, -0.15) is 0 Å². The fraction of sp³-hybridized carbons (Fsp3) is 0.541. The van der Waals surface area contributed by atoms with Gasteiger partial charge in [-0.3, -0.25) is 14.4 Å². The average Bonchev–Trinajstić information content (AvgIpc) is 3.35. The maximum absolute atomic E-state index is 13.4. The van der Waals surface area contributed by atoms with Crippen LogP contribution in [0.25, 0.3) is 11.1 Å². The summed E-state index contributed by atoms with van der Waals surface area (Å²) < 4.78 is 10.9. The summed E-state index contributed by atoms with van der Waals surface area (Å²) in [6.07, 6.45) is 1.91. The van der Waals surface area contributed by atoms with Gasteiger partial charge in [0.2, 0.25) is 5.91 Å². The summed E-state index contributed by atoms with van der Waals surface area (Å²) in [7, 11) is 0. The van der Waals surface area contributed by atoms with Gasteiger partial charge in [0.1, 0.15) is 12.2 Å². The summed E-state index contributed by atoms with van der Waals surface area (Å²) >= 11 is 0. The molecule has 1 aliphatic carbocycles. The minimum atomic E-state index is -0.844. The van der Waals surface area contributed by atoms with E-state index in [1.165, 1.54) is 6.92 Å². The summed E-state index contributed by atoms with van der Waals surface area (Å²) in [5.41, 5.74) is 9.48. The number of unbranched alkanes of at least 4 members (excludes halogenated alkanes) is 2. The van der Waals surface area contributed by atoms with E-state index >= 15 is 0 Å². The number of alkyl carbamates (subject to hydrolysis) is 2. The monoisotopic (exact) mass is 664 g/mol. The Hall–Kier alpha value is -4.25. The summed E-state index contributed by atoms with van der Waals surface area (Å²) in [6.45, 7) is 9.32. The van der Waals surface area contributed by atoms with Crippen molar-refractivity contribution in [2.45, 2.75) is 103 Å². The van der Waals surface area contributed by atoms with Crippen molar-refractivity contribution in [3.8, 4) is 11.1 Å². The molecule has 1 aliphatic rings. The number of ether oxygens (including phenoxy) is 2. The number of hydrogen-bond donors (Lipinski definition) is 4. The number of carbonyl (C=O) groups excluding carboxylic acids is 5. The number of benzene rings is 2. The maximum atomic E-state index is 13.4. The molecule has 0 radical (unpaired) electrons. The molecule has 2 aromatic carbocycles. The van der Waals surface area contributed by atoms with Crippen LogP contribution in [0, 0.1) is 5.92 Å². The van der Waals surface area contributed by atoms with Crippen molar-refractivity contribution < 1.29 is 33.4 Å². The van der Waals surface area contributed by atoms with Crippen molar-refractivity contribution in [2.24, 2.45) is 11.7 Å². The van der Waals surface area contributed by atoms with Crippen LogP contribution >= 0.6 is 0 Å². The van der Waals surface area contributed by atoms with Crippen LogP contribution in [0.2, 0.25) is 0 Å². The standard InChI is InChI=1S/C37H52N4O7/c1-24(34(44)40-31(25(2)42)18-11-13-21-39-35(45)48-37(3,4)5)22-33(43)32(19-10-12-20-38)41-36(46)47-23-30-28-16-8-6-14-26(28)27-15-7-9-17-29(27)30/h6-9,14-17,24,30-32H,10-13,18-23,38H2,1-5H3,(H,39,45)(H,40,44)(H,41,46). The van der Waals surface area contributed by atoms with E-state index in [1.54, 1.807) is 27.7 Å². The number of rotatable bonds is 18. The number of Topliss-reactive ketones (excluding diaryl/α,β-unsaturated/α-hetero) is 2. The molecule has 0 bridgehead atoms. The summed E-state index contributed by atoms with van der Waals surface area (Å²) in [4.78, 5) is 63.5. The zero-order chi connectivity index (χ0) is 35.3. The number of nitrogens with one attached hydrogen (secondary N) is 3. The largest absolute Gasteiger partial charge is 0.449 e. The van der Waals surface area contributed by atoms with Crippen molar-refractivity contribution in [1.82, 2.24) is 16.0 Å². The molecular weight excluding hydrogens is 612 g/mol. The number of fused-ring (bicyclic) bond motifs is 3. The van der Waals surface area contributed by atoms with Crippen LogP contribution < -0.4 is 21.7 Å². The third-order valence-electron chi connectivity index (χ3n) is 8.32. The smallest absolute Gasteiger partial charge is 0.407 e. The third kappa shape index (κ3) is 11.8. The van der Waals surface area contributed by atoms with Gasteiger partial charge in [-0.25, -0.2) is 9.59 Å². The normalized spacial score (nSPS) is 14.1. The van der Waals surface area contributed by atoms with Crippen molar-refractivity contribution >= 4 is 29.7 Å². The molecule has 0 spiro atoms. The summed E-state index contributed by atoms with van der Waals surface area (Å²) in [5.74, 6) is -1.75. The van der Waals surface area contributed by atoms with Crippen LogP contribution in [-0.4, -0.2) is 67.0 Å². The minimum absolute atomic E-state index is 0.117. The molecule has 262 valence electrons. The van der Waals surface area contributed by atoms with Gasteiger partial charge >= 0.3 is 12.2 Å². The molecule has 48 heavy (non-hydrogen) atoms. The average molecular weight is 665 g/mol. The van der Waals surface area contributed by atoms with E-state index in [9.17, 15) is 24.0 Å². The molecule has 0 saturated heterocycles. The second-order valence-corrected chi connectivity index (χ2v) is 13.5. The highest BCUT2D eigenvalue weighted by Gasteiger charge is 2.31. The van der Waals surface area contributed by atoms with Crippen LogP contribution in [0.3, 0.4) is 0 Å². The quantitative estimate of drug-likeness (QED) is 0.154. The molecule has 0 saturated carbocycles. The molecule has 0 aliphatic heterocycles. The van der Waals surface area contributed by atoms with Gasteiger partial charge < -0.3 is 31.2 Å². The molecule has 0 heterocycles. The molecule has 0 fully saturated rings. The molecule has 11 heteroatoms. The van der Waals surface area contributed by atoms with Gasteiger partial charge in [0, 0.05) is 24.8 Å². The van der Waals surface area contributed by atoms with Gasteiger partial charge in [-0.15, -0.1) is 0 Å². The molecule has 3 unspecified atom stereocenters. The molecule has 2 aromatic rings. The van der Waals surface area contributed by atoms with Crippen LogP contribution in [0.15, 0.2) is 48.5 Å². The highest BCUT2D eigenvalue weighted by atomic mass is 16.6. The van der Waals surface area contributed by atoms with E-state index in [0.717, 1.165) is 22.3 Å². The Bertz CT molecular complexity index is 1370. The third-order valence-corrected chi connectivity index (χ3v) is 8.32. The Morgan fingerprint density at radius 1 is 0.812 bits per heavy atom. The first-order valence-corrected chi connectivity index (χ1v) is 16.9. The summed E-state index contributed by atoms with van der Waals surface area (Å²) in [6, 6.07) is 14.5. The maximum Gasteiger partial charge on any atom is 0.407 e. The Morgan fingerprint density at radius 2 is 1.40 bits per heavy atom. The lowest BCUT2D eigenvalue weighted by molar-refractivity contribution is -0.132. The number of carbonyl (C=O) groups is 5. The lowest BCUT2D eigenvalue weighted by Crippen LogP contribution is -2.45. The lowest BCUT2D eigenvalue weighted by atomic mass is 9.95. The summed E-state index contributed by atoms with van der Waals surface area (Å²) in [5, 5.41) is 8.18. The van der Waals surface area contributed by atoms with Gasteiger partial charge in [0.15, 0.2) is 11.6 Å². The topological polar surface area (TPSA) is 166 Å². The molecule has 3 amide bonds. The number of nitrogens with two attached hydrogens (primary N) is 1. The predicted octanol–water partition coefficient (Wildman–Crippen LogP) is 5.39. The SMILES string of the molecule is CC(=O)C(CCCCNC(=O)OC(C)(C)C)NC(=O)C(C)CC(=O)C(CCCCN)NC(=O)OCC1c2ccccc2-c2ccccc21. The Kier molecular flexibility index (Phi) is 14.6. The van der Waals surface area contributed by atoms with Crippen LogP contribution in [0.4, 0.5) is 9.59 Å². The van der Waals surface area contributed by atoms with Gasteiger partial charge in [0.05, 0.1) is 12.1 Å². The van der Waals surface area contributed by atoms with E-state index in [2.05, 4.69) is 28.1 Å². The fourth-order valence-electron chi connectivity index (χ4n) is 5.79. The Labute approximate surface area is 284 Å². The van der Waals surface area contributed by atoms with E-state index in [1.807, 2.05) is 36.4 Å². The zero-order valence-corrected chi connectivity index (χ0v) is 28.9. The Morgan fingerprint density at radius 3 is 1.98 bits per heavy atom.